The molecule has 0 atom stereocenters. The highest BCUT2D eigenvalue weighted by Crippen LogP contribution is 2.24. The zero-order valence-corrected chi connectivity index (χ0v) is 12.8. The minimum atomic E-state index is -0.318. The predicted octanol–water partition coefficient (Wildman–Crippen LogP) is 2.88. The number of benzene rings is 2. The molecule has 5 heteroatoms. The van der Waals surface area contributed by atoms with Gasteiger partial charge in [0.2, 0.25) is 5.91 Å². The zero-order valence-electron chi connectivity index (χ0n) is 12.8. The normalized spacial score (nSPS) is 13.3. The van der Waals surface area contributed by atoms with Crippen molar-refractivity contribution in [3.8, 4) is 5.75 Å². The number of amides is 1. The number of hydrogen-bond acceptors (Lipinski definition) is 3. The van der Waals surface area contributed by atoms with Gasteiger partial charge < -0.3 is 15.4 Å². The van der Waals surface area contributed by atoms with Crippen LogP contribution in [0.2, 0.25) is 0 Å². The first-order valence-corrected chi connectivity index (χ1v) is 7.73. The van der Waals surface area contributed by atoms with E-state index in [0.29, 0.717) is 24.3 Å². The fraction of sp³-hybridized carbons (Fsp3) is 0.278. The van der Waals surface area contributed by atoms with E-state index >= 15 is 0 Å². The summed E-state index contributed by atoms with van der Waals surface area (Å²) < 4.78 is 19.9. The van der Waals surface area contributed by atoms with Gasteiger partial charge in [-0.3, -0.25) is 4.79 Å². The van der Waals surface area contributed by atoms with Crippen LogP contribution in [0.15, 0.2) is 42.5 Å². The van der Waals surface area contributed by atoms with Crippen molar-refractivity contribution in [1.29, 1.82) is 0 Å². The quantitative estimate of drug-likeness (QED) is 0.892. The van der Waals surface area contributed by atoms with Crippen molar-refractivity contribution in [2.24, 2.45) is 0 Å². The van der Waals surface area contributed by atoms with Crippen molar-refractivity contribution < 1.29 is 13.9 Å². The number of carbonyl (C=O) groups is 1. The number of hydrogen-bond donors (Lipinski definition) is 2. The SMILES string of the molecule is O=C(CCOc1ccccc1)Nc1ccc2c(c1F)CCNC2. The van der Waals surface area contributed by atoms with Crippen LogP contribution in [0.3, 0.4) is 0 Å². The van der Waals surface area contributed by atoms with Crippen LogP contribution < -0.4 is 15.4 Å². The van der Waals surface area contributed by atoms with E-state index in [0.717, 1.165) is 12.1 Å². The molecule has 23 heavy (non-hydrogen) atoms. The lowest BCUT2D eigenvalue weighted by atomic mass is 9.99. The van der Waals surface area contributed by atoms with Gasteiger partial charge in [-0.1, -0.05) is 24.3 Å². The predicted molar refractivity (Wildman–Crippen MR) is 87.0 cm³/mol. The summed E-state index contributed by atoms with van der Waals surface area (Å²) in [5, 5.41) is 5.83. The van der Waals surface area contributed by atoms with E-state index < -0.39 is 0 Å². The number of fused-ring (bicyclic) bond motifs is 1. The molecule has 1 amide bonds. The maximum absolute atomic E-state index is 14.4. The molecule has 0 bridgehead atoms. The second-order valence-corrected chi connectivity index (χ2v) is 5.45. The topological polar surface area (TPSA) is 50.4 Å². The van der Waals surface area contributed by atoms with Crippen LogP contribution >= 0.6 is 0 Å². The Hall–Kier alpha value is -2.40. The van der Waals surface area contributed by atoms with E-state index in [1.165, 1.54) is 0 Å². The van der Waals surface area contributed by atoms with Crippen LogP contribution in [0.1, 0.15) is 17.5 Å². The van der Waals surface area contributed by atoms with Crippen LogP contribution in [-0.2, 0) is 17.8 Å². The van der Waals surface area contributed by atoms with E-state index in [-0.39, 0.29) is 30.4 Å². The van der Waals surface area contributed by atoms with Crippen LogP contribution in [0, 0.1) is 5.82 Å². The summed E-state index contributed by atoms with van der Waals surface area (Å²) in [6.07, 6.45) is 0.814. The summed E-state index contributed by atoms with van der Waals surface area (Å²) in [6, 6.07) is 12.8. The highest BCUT2D eigenvalue weighted by Gasteiger charge is 2.17. The molecular formula is C18H19FN2O2. The molecule has 120 valence electrons. The first-order chi connectivity index (χ1) is 11.2. The van der Waals surface area contributed by atoms with Crippen molar-refractivity contribution in [2.75, 3.05) is 18.5 Å². The Bertz CT molecular complexity index is 689. The van der Waals surface area contributed by atoms with Gasteiger partial charge in [0, 0.05) is 6.54 Å². The van der Waals surface area contributed by atoms with Crippen LogP contribution in [-0.4, -0.2) is 19.1 Å². The molecule has 2 N–H and O–H groups in total. The average molecular weight is 314 g/mol. The molecule has 0 saturated heterocycles. The van der Waals surface area contributed by atoms with Crippen molar-refractivity contribution in [2.45, 2.75) is 19.4 Å². The Morgan fingerprint density at radius 2 is 2.04 bits per heavy atom. The highest BCUT2D eigenvalue weighted by molar-refractivity contribution is 5.91. The smallest absolute Gasteiger partial charge is 0.227 e. The van der Waals surface area contributed by atoms with Crippen molar-refractivity contribution in [3.05, 3.63) is 59.4 Å². The molecule has 0 aromatic heterocycles. The molecule has 0 saturated carbocycles. The maximum Gasteiger partial charge on any atom is 0.227 e. The van der Waals surface area contributed by atoms with Gasteiger partial charge >= 0.3 is 0 Å². The lowest BCUT2D eigenvalue weighted by Gasteiger charge is -2.19. The number of halogens is 1. The summed E-state index contributed by atoms with van der Waals surface area (Å²) in [4.78, 5) is 12.0. The molecular weight excluding hydrogens is 295 g/mol. The Morgan fingerprint density at radius 3 is 2.87 bits per heavy atom. The van der Waals surface area contributed by atoms with Crippen LogP contribution in [0.4, 0.5) is 10.1 Å². The second-order valence-electron chi connectivity index (χ2n) is 5.45. The van der Waals surface area contributed by atoms with Gasteiger partial charge in [0.25, 0.3) is 0 Å². The van der Waals surface area contributed by atoms with E-state index in [4.69, 9.17) is 4.74 Å². The highest BCUT2D eigenvalue weighted by atomic mass is 19.1. The van der Waals surface area contributed by atoms with Crippen molar-refractivity contribution in [3.63, 3.8) is 0 Å². The van der Waals surface area contributed by atoms with Gasteiger partial charge in [-0.25, -0.2) is 4.39 Å². The first-order valence-electron chi connectivity index (χ1n) is 7.73. The van der Waals surface area contributed by atoms with Gasteiger partial charge in [-0.15, -0.1) is 0 Å². The standard InChI is InChI=1S/C18H19FN2O2/c19-18-15-8-10-20-12-13(15)6-7-16(18)21-17(22)9-11-23-14-4-2-1-3-5-14/h1-7,20H,8-12H2,(H,21,22). The summed E-state index contributed by atoms with van der Waals surface area (Å²) in [5.41, 5.74) is 1.90. The summed E-state index contributed by atoms with van der Waals surface area (Å²) in [6.45, 7) is 1.68. The Balaban J connectivity index is 1.56. The van der Waals surface area contributed by atoms with Gasteiger partial charge in [0.05, 0.1) is 18.7 Å². The monoisotopic (exact) mass is 314 g/mol. The molecule has 0 spiro atoms. The van der Waals surface area contributed by atoms with E-state index in [2.05, 4.69) is 10.6 Å². The molecule has 0 unspecified atom stereocenters. The lowest BCUT2D eigenvalue weighted by Crippen LogP contribution is -2.25. The number of anilines is 1. The van der Waals surface area contributed by atoms with Gasteiger partial charge in [0.15, 0.2) is 0 Å². The van der Waals surface area contributed by atoms with Gasteiger partial charge in [0.1, 0.15) is 11.6 Å². The summed E-state index contributed by atoms with van der Waals surface area (Å²) in [7, 11) is 0. The third kappa shape index (κ3) is 3.87. The molecule has 1 aliphatic rings. The summed E-state index contributed by atoms with van der Waals surface area (Å²) in [5.74, 6) is 0.141. The third-order valence-corrected chi connectivity index (χ3v) is 3.82. The molecule has 1 heterocycles. The molecule has 3 rings (SSSR count). The Labute approximate surface area is 134 Å². The zero-order chi connectivity index (χ0) is 16.1. The third-order valence-electron chi connectivity index (χ3n) is 3.82. The van der Waals surface area contributed by atoms with Gasteiger partial charge in [-0.05, 0) is 42.3 Å². The number of rotatable bonds is 5. The first kappa shape index (κ1) is 15.5. The van der Waals surface area contributed by atoms with E-state index in [9.17, 15) is 9.18 Å². The molecule has 0 aliphatic carbocycles. The van der Waals surface area contributed by atoms with Crippen LogP contribution in [0.5, 0.6) is 5.75 Å². The maximum atomic E-state index is 14.4. The Morgan fingerprint density at radius 1 is 1.22 bits per heavy atom. The lowest BCUT2D eigenvalue weighted by molar-refractivity contribution is -0.116. The van der Waals surface area contributed by atoms with Crippen molar-refractivity contribution in [1.82, 2.24) is 5.32 Å². The Kier molecular flexibility index (Phi) is 4.88. The van der Waals surface area contributed by atoms with Crippen molar-refractivity contribution >= 4 is 11.6 Å². The van der Waals surface area contributed by atoms with Gasteiger partial charge in [-0.2, -0.15) is 0 Å². The summed E-state index contributed by atoms with van der Waals surface area (Å²) >= 11 is 0. The fourth-order valence-corrected chi connectivity index (χ4v) is 2.62. The largest absolute Gasteiger partial charge is 0.493 e. The number of carbonyl (C=O) groups excluding carboxylic acids is 1. The second kappa shape index (κ2) is 7.24. The number of para-hydroxylation sites is 1. The van der Waals surface area contributed by atoms with E-state index in [1.54, 1.807) is 6.07 Å². The average Bonchev–Trinajstić information content (AvgIpc) is 2.59. The number of ether oxygens (including phenoxy) is 1. The number of nitrogens with one attached hydrogen (secondary N) is 2. The molecule has 1 aliphatic heterocycles. The molecule has 2 aromatic carbocycles. The molecule has 0 radical (unpaired) electrons. The van der Waals surface area contributed by atoms with Crippen LogP contribution in [0.25, 0.3) is 0 Å². The molecule has 4 nitrogen and oxygen atoms in total. The van der Waals surface area contributed by atoms with E-state index in [1.807, 2.05) is 36.4 Å². The fourth-order valence-electron chi connectivity index (χ4n) is 2.62. The molecule has 2 aromatic rings. The molecule has 0 fully saturated rings. The minimum Gasteiger partial charge on any atom is -0.493 e. The minimum absolute atomic E-state index is 0.174.